The molecule has 1 spiro atoms. The van der Waals surface area contributed by atoms with Gasteiger partial charge in [-0.3, -0.25) is 4.68 Å². The smallest absolute Gasteiger partial charge is 0.319 e. The van der Waals surface area contributed by atoms with Crippen LogP contribution in [0.25, 0.3) is 22.3 Å². The second kappa shape index (κ2) is 6.24. The van der Waals surface area contributed by atoms with Crippen molar-refractivity contribution in [1.82, 2.24) is 29.5 Å². The third kappa shape index (κ3) is 2.60. The van der Waals surface area contributed by atoms with Crippen molar-refractivity contribution in [3.63, 3.8) is 0 Å². The number of likely N-dealkylation sites (tertiary alicyclic amines) is 1. The lowest BCUT2D eigenvalue weighted by Crippen LogP contribution is -2.47. The first-order chi connectivity index (χ1) is 13.5. The van der Waals surface area contributed by atoms with Crippen LogP contribution in [0.3, 0.4) is 0 Å². The van der Waals surface area contributed by atoms with Crippen molar-refractivity contribution in [1.29, 1.82) is 0 Å². The van der Waals surface area contributed by atoms with Crippen molar-refractivity contribution >= 4 is 28.7 Å². The molecule has 8 heteroatoms. The van der Waals surface area contributed by atoms with Crippen molar-refractivity contribution in [2.24, 2.45) is 0 Å². The minimum atomic E-state index is 0.102. The predicted octanol–water partition coefficient (Wildman–Crippen LogP) is 3.50. The predicted molar refractivity (Wildman–Crippen MR) is 109 cm³/mol. The standard InChI is InChI=1S/C20H23ClN6O/c1-25(2)19(28)26-6-3-20(4-7-26)5-8-27-17(20)10-16(24-27)13-9-14-15(21)12-23-18(14)22-11-13/h9-12H,3-8H2,1-2H3,(H,22,23). The number of pyridine rings is 1. The van der Waals surface area contributed by atoms with E-state index < -0.39 is 0 Å². The zero-order chi connectivity index (χ0) is 19.5. The average Bonchev–Trinajstić information content (AvgIpc) is 3.38. The quantitative estimate of drug-likeness (QED) is 0.682. The Kier molecular flexibility index (Phi) is 3.91. The molecule has 1 fully saturated rings. The lowest BCUT2D eigenvalue weighted by molar-refractivity contribution is 0.137. The number of aromatic amines is 1. The first-order valence-corrected chi connectivity index (χ1v) is 10.0. The Morgan fingerprint density at radius 3 is 2.71 bits per heavy atom. The molecule has 146 valence electrons. The van der Waals surface area contributed by atoms with Crippen LogP contribution in [-0.2, 0) is 12.0 Å². The van der Waals surface area contributed by atoms with Crippen LogP contribution in [0, 0.1) is 0 Å². The summed E-state index contributed by atoms with van der Waals surface area (Å²) >= 11 is 6.25. The molecule has 0 unspecified atom stereocenters. The van der Waals surface area contributed by atoms with Crippen LogP contribution in [0.2, 0.25) is 5.02 Å². The minimum Gasteiger partial charge on any atom is -0.345 e. The van der Waals surface area contributed by atoms with Crippen LogP contribution in [0.5, 0.6) is 0 Å². The molecular weight excluding hydrogens is 376 g/mol. The molecule has 3 aromatic heterocycles. The number of H-pyrrole nitrogens is 1. The molecule has 0 radical (unpaired) electrons. The number of nitrogens with zero attached hydrogens (tertiary/aromatic N) is 5. The molecule has 2 amide bonds. The van der Waals surface area contributed by atoms with Gasteiger partial charge in [-0.2, -0.15) is 5.10 Å². The van der Waals surface area contributed by atoms with E-state index >= 15 is 0 Å². The zero-order valence-corrected chi connectivity index (χ0v) is 16.8. The molecule has 0 atom stereocenters. The summed E-state index contributed by atoms with van der Waals surface area (Å²) in [6, 6.07) is 4.36. The molecule has 28 heavy (non-hydrogen) atoms. The maximum absolute atomic E-state index is 12.3. The van der Waals surface area contributed by atoms with Crippen molar-refractivity contribution in [3.8, 4) is 11.3 Å². The monoisotopic (exact) mass is 398 g/mol. The van der Waals surface area contributed by atoms with E-state index in [4.69, 9.17) is 16.7 Å². The summed E-state index contributed by atoms with van der Waals surface area (Å²) in [6.07, 6.45) is 6.67. The highest BCUT2D eigenvalue weighted by Crippen LogP contribution is 2.44. The molecule has 3 aromatic rings. The molecule has 0 bridgehead atoms. The third-order valence-electron chi connectivity index (χ3n) is 6.28. The van der Waals surface area contributed by atoms with Gasteiger partial charge in [0.05, 0.1) is 10.7 Å². The van der Waals surface area contributed by atoms with E-state index in [2.05, 4.69) is 20.7 Å². The summed E-state index contributed by atoms with van der Waals surface area (Å²) in [5.74, 6) is 0. The van der Waals surface area contributed by atoms with Crippen LogP contribution in [0.1, 0.15) is 25.0 Å². The number of fused-ring (bicyclic) bond motifs is 3. The van der Waals surface area contributed by atoms with E-state index in [-0.39, 0.29) is 11.4 Å². The van der Waals surface area contributed by atoms with Crippen molar-refractivity contribution in [2.45, 2.75) is 31.2 Å². The van der Waals surface area contributed by atoms with Gasteiger partial charge < -0.3 is 14.8 Å². The normalized spacial score (nSPS) is 18.0. The summed E-state index contributed by atoms with van der Waals surface area (Å²) in [5, 5.41) is 6.43. The number of nitrogens with one attached hydrogen (secondary N) is 1. The van der Waals surface area contributed by atoms with Crippen LogP contribution < -0.4 is 0 Å². The van der Waals surface area contributed by atoms with Crippen molar-refractivity contribution < 1.29 is 4.79 Å². The van der Waals surface area contributed by atoms with Gasteiger partial charge in [0.2, 0.25) is 0 Å². The van der Waals surface area contributed by atoms with E-state index in [0.717, 1.165) is 61.2 Å². The van der Waals surface area contributed by atoms with Crippen molar-refractivity contribution in [2.75, 3.05) is 27.2 Å². The van der Waals surface area contributed by atoms with Gasteiger partial charge in [0, 0.05) is 68.2 Å². The maximum atomic E-state index is 12.3. The SMILES string of the molecule is CN(C)C(=O)N1CCC2(CC1)CCn1nc(-c3cnc4[nH]cc(Cl)c4c3)cc12. The van der Waals surface area contributed by atoms with E-state index in [9.17, 15) is 4.79 Å². The number of urea groups is 1. The molecular formula is C20H23ClN6O. The minimum absolute atomic E-state index is 0.102. The first-order valence-electron chi connectivity index (χ1n) is 9.64. The van der Waals surface area contributed by atoms with Crippen LogP contribution in [-0.4, -0.2) is 62.8 Å². The Morgan fingerprint density at radius 1 is 1.21 bits per heavy atom. The molecule has 1 N–H and O–H groups in total. The molecule has 0 aromatic carbocycles. The van der Waals surface area contributed by atoms with Gasteiger partial charge in [0.25, 0.3) is 0 Å². The maximum Gasteiger partial charge on any atom is 0.319 e. The second-order valence-electron chi connectivity index (χ2n) is 8.09. The highest BCUT2D eigenvalue weighted by atomic mass is 35.5. The highest BCUT2D eigenvalue weighted by molar-refractivity contribution is 6.35. The fourth-order valence-corrected chi connectivity index (χ4v) is 4.83. The number of aromatic nitrogens is 4. The number of aryl methyl sites for hydroxylation is 1. The fourth-order valence-electron chi connectivity index (χ4n) is 4.63. The number of piperidine rings is 1. The number of hydrogen-bond acceptors (Lipinski definition) is 3. The average molecular weight is 399 g/mol. The van der Waals surface area contributed by atoms with E-state index in [1.54, 1.807) is 11.1 Å². The first kappa shape index (κ1) is 17.6. The Bertz CT molecular complexity index is 1060. The van der Waals surface area contributed by atoms with Gasteiger partial charge in [0.15, 0.2) is 0 Å². The van der Waals surface area contributed by atoms with Gasteiger partial charge in [-0.25, -0.2) is 9.78 Å². The van der Waals surface area contributed by atoms with Crippen LogP contribution in [0.15, 0.2) is 24.5 Å². The summed E-state index contributed by atoms with van der Waals surface area (Å²) in [7, 11) is 3.62. The van der Waals surface area contributed by atoms with Crippen LogP contribution >= 0.6 is 11.6 Å². The molecule has 0 aliphatic carbocycles. The Labute approximate surface area is 168 Å². The van der Waals surface area contributed by atoms with Gasteiger partial charge in [0.1, 0.15) is 5.65 Å². The van der Waals surface area contributed by atoms with E-state index in [1.165, 1.54) is 5.69 Å². The molecule has 1 saturated heterocycles. The summed E-state index contributed by atoms with van der Waals surface area (Å²) < 4.78 is 2.14. The van der Waals surface area contributed by atoms with Gasteiger partial charge in [-0.05, 0) is 31.4 Å². The summed E-state index contributed by atoms with van der Waals surface area (Å²) in [5.41, 5.74) is 4.12. The lowest BCUT2D eigenvalue weighted by Gasteiger charge is -2.39. The van der Waals surface area contributed by atoms with Crippen molar-refractivity contribution in [3.05, 3.63) is 35.2 Å². The van der Waals surface area contributed by atoms with E-state index in [0.29, 0.717) is 5.02 Å². The Morgan fingerprint density at radius 2 is 1.96 bits per heavy atom. The zero-order valence-electron chi connectivity index (χ0n) is 16.1. The molecule has 2 aliphatic heterocycles. The summed E-state index contributed by atoms with van der Waals surface area (Å²) in [4.78, 5) is 23.4. The Hall–Kier alpha value is -2.54. The number of rotatable bonds is 1. The van der Waals surface area contributed by atoms with Crippen LogP contribution in [0.4, 0.5) is 4.79 Å². The van der Waals surface area contributed by atoms with Gasteiger partial charge in [-0.15, -0.1) is 0 Å². The van der Waals surface area contributed by atoms with E-state index in [1.807, 2.05) is 31.3 Å². The van der Waals surface area contributed by atoms with Gasteiger partial charge in [-0.1, -0.05) is 11.6 Å². The lowest BCUT2D eigenvalue weighted by atomic mass is 9.75. The molecule has 2 aliphatic rings. The molecule has 5 heterocycles. The number of hydrogen-bond donors (Lipinski definition) is 1. The number of amides is 2. The molecule has 7 nitrogen and oxygen atoms in total. The largest absolute Gasteiger partial charge is 0.345 e. The number of halogens is 1. The van der Waals surface area contributed by atoms with Gasteiger partial charge >= 0.3 is 6.03 Å². The number of carbonyl (C=O) groups excluding carboxylic acids is 1. The number of carbonyl (C=O) groups is 1. The fraction of sp³-hybridized carbons (Fsp3) is 0.450. The third-order valence-corrected chi connectivity index (χ3v) is 6.59. The topological polar surface area (TPSA) is 70.1 Å². The Balaban J connectivity index is 1.43. The molecule has 5 rings (SSSR count). The second-order valence-corrected chi connectivity index (χ2v) is 8.50. The highest BCUT2D eigenvalue weighted by Gasteiger charge is 2.43. The molecule has 0 saturated carbocycles. The summed E-state index contributed by atoms with van der Waals surface area (Å²) in [6.45, 7) is 2.52.